The lowest BCUT2D eigenvalue weighted by molar-refractivity contribution is -0.0456. The number of likely N-dealkylation sites (tertiary alicyclic amines) is 1. The first-order chi connectivity index (χ1) is 12.8. The smallest absolute Gasteiger partial charge is 0.193 e. The Bertz CT molecular complexity index is 493. The highest BCUT2D eigenvalue weighted by atomic mass is 127. The number of halogens is 1. The Morgan fingerprint density at radius 1 is 1.07 bits per heavy atom. The molecule has 2 atom stereocenters. The van der Waals surface area contributed by atoms with Crippen molar-refractivity contribution >= 4 is 29.9 Å². The van der Waals surface area contributed by atoms with Gasteiger partial charge in [0.15, 0.2) is 5.96 Å². The molecule has 6 heteroatoms. The summed E-state index contributed by atoms with van der Waals surface area (Å²) in [7, 11) is 1.94. The van der Waals surface area contributed by atoms with Crippen LogP contribution in [0, 0.1) is 5.41 Å². The molecule has 5 nitrogen and oxygen atoms in total. The predicted molar refractivity (Wildman–Crippen MR) is 122 cm³/mol. The maximum atomic E-state index is 6.12. The van der Waals surface area contributed by atoms with E-state index in [4.69, 9.17) is 4.74 Å². The first-order valence-electron chi connectivity index (χ1n) is 11.1. The van der Waals surface area contributed by atoms with Crippen molar-refractivity contribution in [3.63, 3.8) is 0 Å². The van der Waals surface area contributed by atoms with E-state index in [1.807, 2.05) is 7.05 Å². The molecule has 4 fully saturated rings. The molecule has 1 aliphatic carbocycles. The number of hydrogen-bond donors (Lipinski definition) is 1. The van der Waals surface area contributed by atoms with Gasteiger partial charge in [0.1, 0.15) is 0 Å². The monoisotopic (exact) mass is 490 g/mol. The summed E-state index contributed by atoms with van der Waals surface area (Å²) in [6, 6.07) is 0.683. The molecule has 3 saturated heterocycles. The minimum absolute atomic E-state index is 0. The number of ether oxygens (including phenoxy) is 1. The zero-order chi connectivity index (χ0) is 17.8. The maximum Gasteiger partial charge on any atom is 0.193 e. The van der Waals surface area contributed by atoms with E-state index < -0.39 is 0 Å². The summed E-state index contributed by atoms with van der Waals surface area (Å²) in [5.41, 5.74) is 0.552. The Morgan fingerprint density at radius 2 is 1.85 bits per heavy atom. The largest absolute Gasteiger partial charge is 0.373 e. The second-order valence-electron chi connectivity index (χ2n) is 9.11. The third-order valence-electron chi connectivity index (χ3n) is 7.29. The van der Waals surface area contributed by atoms with Gasteiger partial charge < -0.3 is 15.0 Å². The molecule has 0 amide bonds. The number of nitrogens with one attached hydrogen (secondary N) is 1. The van der Waals surface area contributed by atoms with E-state index in [2.05, 4.69) is 20.1 Å². The number of morpholine rings is 1. The highest BCUT2D eigenvalue weighted by Gasteiger charge is 2.37. The topological polar surface area (TPSA) is 40.1 Å². The molecular weight excluding hydrogens is 451 g/mol. The number of hydrogen-bond acceptors (Lipinski definition) is 3. The molecule has 3 aliphatic heterocycles. The van der Waals surface area contributed by atoms with E-state index in [-0.39, 0.29) is 24.0 Å². The Hall–Kier alpha value is -0.0800. The lowest BCUT2D eigenvalue weighted by atomic mass is 9.74. The van der Waals surface area contributed by atoms with Crippen molar-refractivity contribution in [3.8, 4) is 0 Å². The second kappa shape index (κ2) is 10.1. The van der Waals surface area contributed by atoms with Crippen LogP contribution in [0.15, 0.2) is 4.99 Å². The lowest BCUT2D eigenvalue weighted by Gasteiger charge is -2.44. The second-order valence-corrected chi connectivity index (χ2v) is 9.11. The van der Waals surface area contributed by atoms with Crippen LogP contribution >= 0.6 is 24.0 Å². The fraction of sp³-hybridized carbons (Fsp3) is 0.952. The summed E-state index contributed by atoms with van der Waals surface area (Å²) in [6.07, 6.45) is 14.3. The van der Waals surface area contributed by atoms with Crippen molar-refractivity contribution in [2.24, 2.45) is 10.4 Å². The fourth-order valence-electron chi connectivity index (χ4n) is 5.82. The summed E-state index contributed by atoms with van der Waals surface area (Å²) < 4.78 is 6.12. The van der Waals surface area contributed by atoms with Gasteiger partial charge in [0, 0.05) is 39.3 Å². The minimum Gasteiger partial charge on any atom is -0.373 e. The molecule has 1 spiro atoms. The van der Waals surface area contributed by atoms with Gasteiger partial charge in [-0.2, -0.15) is 0 Å². The maximum absolute atomic E-state index is 6.12. The van der Waals surface area contributed by atoms with Gasteiger partial charge in [-0.15, -0.1) is 24.0 Å². The zero-order valence-corrected chi connectivity index (χ0v) is 19.5. The van der Waals surface area contributed by atoms with Crippen LogP contribution in [0.2, 0.25) is 0 Å². The molecule has 1 saturated carbocycles. The Kier molecular flexibility index (Phi) is 8.09. The van der Waals surface area contributed by atoms with E-state index in [1.54, 1.807) is 0 Å². The van der Waals surface area contributed by atoms with Crippen LogP contribution < -0.4 is 5.32 Å². The molecule has 1 N–H and O–H groups in total. The minimum atomic E-state index is 0. The molecule has 156 valence electrons. The first-order valence-corrected chi connectivity index (χ1v) is 11.1. The molecule has 27 heavy (non-hydrogen) atoms. The third-order valence-corrected chi connectivity index (χ3v) is 7.29. The lowest BCUT2D eigenvalue weighted by Crippen LogP contribution is -2.54. The predicted octanol–water partition coefficient (Wildman–Crippen LogP) is 3.48. The summed E-state index contributed by atoms with van der Waals surface area (Å²) in [4.78, 5) is 9.79. The summed E-state index contributed by atoms with van der Waals surface area (Å²) in [6.45, 7) is 6.50. The number of piperidine rings is 1. The van der Waals surface area contributed by atoms with Gasteiger partial charge in [-0.05, 0) is 50.5 Å². The van der Waals surface area contributed by atoms with Crippen molar-refractivity contribution in [1.29, 1.82) is 0 Å². The third kappa shape index (κ3) is 5.30. The van der Waals surface area contributed by atoms with Crippen molar-refractivity contribution in [2.45, 2.75) is 76.4 Å². The first kappa shape index (κ1) is 21.6. The number of guanidine groups is 1. The molecular formula is C21H39IN4O. The molecule has 0 aromatic heterocycles. The van der Waals surface area contributed by atoms with Crippen molar-refractivity contribution < 1.29 is 4.74 Å². The van der Waals surface area contributed by atoms with Crippen LogP contribution in [0.25, 0.3) is 0 Å². The normalized spacial score (nSPS) is 31.9. The molecule has 2 unspecified atom stereocenters. The molecule has 0 radical (unpaired) electrons. The van der Waals surface area contributed by atoms with E-state index >= 15 is 0 Å². The van der Waals surface area contributed by atoms with Crippen LogP contribution in [0.4, 0.5) is 0 Å². The highest BCUT2D eigenvalue weighted by Crippen LogP contribution is 2.42. The van der Waals surface area contributed by atoms with Gasteiger partial charge in [0.05, 0.1) is 12.7 Å². The average molecular weight is 490 g/mol. The van der Waals surface area contributed by atoms with Crippen molar-refractivity contribution in [3.05, 3.63) is 0 Å². The summed E-state index contributed by atoms with van der Waals surface area (Å²) in [5, 5.41) is 3.65. The molecule has 0 bridgehead atoms. The van der Waals surface area contributed by atoms with Crippen LogP contribution in [-0.4, -0.2) is 74.3 Å². The highest BCUT2D eigenvalue weighted by molar-refractivity contribution is 14.0. The summed E-state index contributed by atoms with van der Waals surface area (Å²) in [5.74, 6) is 1.10. The molecule has 4 rings (SSSR count). The van der Waals surface area contributed by atoms with Crippen LogP contribution in [0.5, 0.6) is 0 Å². The number of fused-ring (bicyclic) bond motifs is 1. The molecule has 0 aromatic carbocycles. The van der Waals surface area contributed by atoms with Crippen LogP contribution in [0.3, 0.4) is 0 Å². The standard InChI is InChI=1S/C21H38N4O.HI/c1-22-20(23-14-19-15-24-12-6-8-18(24)16-26-19)25-13-7-11-21(17-25)9-4-2-3-5-10-21;/h18-19H,2-17H2,1H3,(H,22,23);1H. The summed E-state index contributed by atoms with van der Waals surface area (Å²) >= 11 is 0. The Balaban J connectivity index is 0.00000210. The average Bonchev–Trinajstić information content (AvgIpc) is 3.02. The van der Waals surface area contributed by atoms with Crippen molar-refractivity contribution in [1.82, 2.24) is 15.1 Å². The van der Waals surface area contributed by atoms with Gasteiger partial charge >= 0.3 is 0 Å². The van der Waals surface area contributed by atoms with E-state index in [9.17, 15) is 0 Å². The molecule has 0 aromatic rings. The molecule has 3 heterocycles. The van der Waals surface area contributed by atoms with Crippen LogP contribution in [-0.2, 0) is 4.74 Å². The quantitative estimate of drug-likeness (QED) is 0.366. The van der Waals surface area contributed by atoms with Gasteiger partial charge in [-0.25, -0.2) is 0 Å². The van der Waals surface area contributed by atoms with Gasteiger partial charge in [-0.1, -0.05) is 25.7 Å². The van der Waals surface area contributed by atoms with E-state index in [1.165, 1.54) is 77.3 Å². The van der Waals surface area contributed by atoms with Gasteiger partial charge in [-0.3, -0.25) is 9.89 Å². The fourth-order valence-corrected chi connectivity index (χ4v) is 5.82. The van der Waals surface area contributed by atoms with Crippen LogP contribution in [0.1, 0.15) is 64.2 Å². The SMILES string of the molecule is CN=C(NCC1CN2CCCC2CO1)N1CCCC2(CCCCCC2)C1.I. The number of aliphatic imine (C=N–C) groups is 1. The molecule has 4 aliphatic rings. The van der Waals surface area contributed by atoms with Crippen molar-refractivity contribution in [2.75, 3.05) is 46.4 Å². The van der Waals surface area contributed by atoms with E-state index in [0.29, 0.717) is 17.6 Å². The zero-order valence-electron chi connectivity index (χ0n) is 17.1. The van der Waals surface area contributed by atoms with Gasteiger partial charge in [0.2, 0.25) is 0 Å². The number of nitrogens with zero attached hydrogens (tertiary/aromatic N) is 3. The van der Waals surface area contributed by atoms with Gasteiger partial charge in [0.25, 0.3) is 0 Å². The Morgan fingerprint density at radius 3 is 2.63 bits per heavy atom. The Labute approximate surface area is 182 Å². The number of rotatable bonds is 2. The van der Waals surface area contributed by atoms with E-state index in [0.717, 1.165) is 32.2 Å².